The number of carbonyl (C=O) groups excluding carboxylic acids is 3. The molecule has 0 spiro atoms. The quantitative estimate of drug-likeness (QED) is 0.221. The number of rotatable bonds is 16. The zero-order valence-corrected chi connectivity index (χ0v) is 24.1. The minimum absolute atomic E-state index is 0.00276. The van der Waals surface area contributed by atoms with E-state index in [2.05, 4.69) is 5.32 Å². The van der Waals surface area contributed by atoms with Crippen molar-refractivity contribution in [3.8, 4) is 0 Å². The molecule has 0 aromatic carbocycles. The van der Waals surface area contributed by atoms with Gasteiger partial charge >= 0.3 is 0 Å². The van der Waals surface area contributed by atoms with Gasteiger partial charge in [0.05, 0.1) is 24.3 Å². The van der Waals surface area contributed by atoms with Crippen molar-refractivity contribution in [3.63, 3.8) is 0 Å². The van der Waals surface area contributed by atoms with Crippen molar-refractivity contribution in [1.82, 2.24) is 5.32 Å². The largest absolute Gasteiger partial charge is 0.393 e. The number of carbonyl (C=O) groups is 3. The molecule has 5 N–H and O–H groups in total. The molecule has 0 heterocycles. The highest BCUT2D eigenvalue weighted by molar-refractivity contribution is 7.58. The van der Waals surface area contributed by atoms with Gasteiger partial charge < -0.3 is 21.1 Å². The zero-order chi connectivity index (χ0) is 27.6. The normalized spacial score (nSPS) is 20.1. The van der Waals surface area contributed by atoms with Crippen molar-refractivity contribution in [3.05, 3.63) is 0 Å². The van der Waals surface area contributed by atoms with Gasteiger partial charge in [-0.3, -0.25) is 18.9 Å². The third-order valence-electron chi connectivity index (χ3n) is 7.45. The molecule has 9 heteroatoms. The maximum Gasteiger partial charge on any atom is 0.224 e. The Hall–Kier alpha value is -1.08. The van der Waals surface area contributed by atoms with Crippen LogP contribution >= 0.6 is 7.37 Å². The van der Waals surface area contributed by atoms with Crippen molar-refractivity contribution in [1.29, 1.82) is 0 Å². The number of amides is 1. The second-order valence-corrected chi connectivity index (χ2v) is 14.3. The lowest BCUT2D eigenvalue weighted by molar-refractivity contribution is -0.134. The summed E-state index contributed by atoms with van der Waals surface area (Å²) in [6, 6.07) is -1.40. The first-order valence-corrected chi connectivity index (χ1v) is 15.8. The lowest BCUT2D eigenvalue weighted by atomic mass is 9.85. The molecule has 1 unspecified atom stereocenters. The van der Waals surface area contributed by atoms with Crippen LogP contribution in [0.15, 0.2) is 0 Å². The maximum atomic E-state index is 13.1. The van der Waals surface area contributed by atoms with Gasteiger partial charge in [-0.05, 0) is 42.9 Å². The molecule has 36 heavy (non-hydrogen) atoms. The van der Waals surface area contributed by atoms with Gasteiger partial charge in [-0.2, -0.15) is 0 Å². The molecule has 0 aromatic heterocycles. The fraction of sp³-hybridized carbons (Fsp3) is 0.889. The molecule has 0 saturated heterocycles. The highest BCUT2D eigenvalue weighted by Gasteiger charge is 2.33. The van der Waals surface area contributed by atoms with Crippen LogP contribution in [0.3, 0.4) is 0 Å². The van der Waals surface area contributed by atoms with Crippen LogP contribution in [0.1, 0.15) is 92.9 Å². The van der Waals surface area contributed by atoms with Gasteiger partial charge in [0.15, 0.2) is 11.6 Å². The molecular formula is C27H51N2O6P. The van der Waals surface area contributed by atoms with Crippen LogP contribution in [0.5, 0.6) is 0 Å². The van der Waals surface area contributed by atoms with Crippen LogP contribution in [0, 0.1) is 29.6 Å². The van der Waals surface area contributed by atoms with E-state index in [9.17, 15) is 28.9 Å². The average Bonchev–Trinajstić information content (AvgIpc) is 2.77. The van der Waals surface area contributed by atoms with E-state index >= 15 is 0 Å². The molecule has 8 nitrogen and oxygen atoms in total. The van der Waals surface area contributed by atoms with Crippen molar-refractivity contribution in [2.75, 3.05) is 12.3 Å². The number of ketones is 2. The van der Waals surface area contributed by atoms with Crippen molar-refractivity contribution < 1.29 is 28.9 Å². The van der Waals surface area contributed by atoms with E-state index in [-0.39, 0.29) is 72.7 Å². The highest BCUT2D eigenvalue weighted by Crippen LogP contribution is 2.46. The fourth-order valence-corrected chi connectivity index (χ4v) is 7.13. The molecular weight excluding hydrogens is 479 g/mol. The number of nitrogens with two attached hydrogens (primary N) is 1. The van der Waals surface area contributed by atoms with Gasteiger partial charge in [0.1, 0.15) is 0 Å². The Morgan fingerprint density at radius 1 is 0.944 bits per heavy atom. The zero-order valence-electron chi connectivity index (χ0n) is 23.2. The molecule has 0 bridgehead atoms. The molecule has 0 aromatic rings. The summed E-state index contributed by atoms with van der Waals surface area (Å²) in [7, 11) is -3.47. The van der Waals surface area contributed by atoms with E-state index in [4.69, 9.17) is 5.73 Å². The summed E-state index contributed by atoms with van der Waals surface area (Å²) in [5.41, 5.74) is 5.97. The predicted molar refractivity (Wildman–Crippen MR) is 144 cm³/mol. The number of hydrogen-bond acceptors (Lipinski definition) is 6. The van der Waals surface area contributed by atoms with E-state index in [1.54, 1.807) is 0 Å². The Labute approximate surface area is 218 Å². The molecule has 5 atom stereocenters. The first-order chi connectivity index (χ1) is 16.6. The van der Waals surface area contributed by atoms with Crippen LogP contribution in [-0.4, -0.2) is 58.0 Å². The van der Waals surface area contributed by atoms with Crippen LogP contribution in [0.2, 0.25) is 0 Å². The van der Waals surface area contributed by atoms with Crippen molar-refractivity contribution in [2.24, 2.45) is 35.3 Å². The Kier molecular flexibility index (Phi) is 14.1. The molecule has 1 amide bonds. The minimum atomic E-state index is -3.47. The van der Waals surface area contributed by atoms with E-state index in [0.717, 1.165) is 25.7 Å². The van der Waals surface area contributed by atoms with Gasteiger partial charge in [-0.25, -0.2) is 0 Å². The molecule has 1 aliphatic carbocycles. The summed E-state index contributed by atoms with van der Waals surface area (Å²) in [4.78, 5) is 49.0. The second kappa shape index (κ2) is 15.4. The molecule has 1 fully saturated rings. The average molecular weight is 531 g/mol. The van der Waals surface area contributed by atoms with Crippen LogP contribution in [0.4, 0.5) is 0 Å². The smallest absolute Gasteiger partial charge is 0.224 e. The number of nitrogens with one attached hydrogen (secondary N) is 1. The summed E-state index contributed by atoms with van der Waals surface area (Å²) in [5, 5.41) is 13.2. The number of hydrogen-bond donors (Lipinski definition) is 4. The van der Waals surface area contributed by atoms with Crippen LogP contribution in [-0.2, 0) is 18.9 Å². The molecule has 1 aliphatic rings. The molecule has 0 radical (unpaired) electrons. The van der Waals surface area contributed by atoms with E-state index in [1.807, 2.05) is 41.5 Å². The molecule has 1 saturated carbocycles. The lowest BCUT2D eigenvalue weighted by Gasteiger charge is -2.27. The molecule has 210 valence electrons. The van der Waals surface area contributed by atoms with Crippen molar-refractivity contribution >= 4 is 24.8 Å². The number of aliphatic hydroxyl groups is 1. The monoisotopic (exact) mass is 530 g/mol. The first-order valence-electron chi connectivity index (χ1n) is 13.7. The summed E-state index contributed by atoms with van der Waals surface area (Å²) >= 11 is 0. The standard InChI is InChI=1S/C27H51N2O6P/c1-17(2)22(14-24(32)25(28)18(3)4)27(33)29-26(19(5)6)23(31)13-12-21(30)16-36(34,35)15-20-10-8-7-9-11-20/h17-22,25-26,30H,7-16,28H2,1-6H3,(H,29,33)(H,34,35)/t21-,22+,25+,26+/m1/s1. The summed E-state index contributed by atoms with van der Waals surface area (Å²) < 4.78 is 12.7. The predicted octanol–water partition coefficient (Wildman–Crippen LogP) is 3.90. The van der Waals surface area contributed by atoms with Gasteiger partial charge in [-0.15, -0.1) is 0 Å². The summed E-state index contributed by atoms with van der Waals surface area (Å²) in [6.45, 7) is 11.1. The first kappa shape index (κ1) is 32.9. The van der Waals surface area contributed by atoms with E-state index in [0.29, 0.717) is 0 Å². The second-order valence-electron chi connectivity index (χ2n) is 11.9. The van der Waals surface area contributed by atoms with Gasteiger partial charge in [0, 0.05) is 24.9 Å². The molecule has 0 aliphatic heterocycles. The Morgan fingerprint density at radius 3 is 2.03 bits per heavy atom. The molecule has 1 rings (SSSR count). The summed E-state index contributed by atoms with van der Waals surface area (Å²) in [5.74, 6) is -1.44. The third kappa shape index (κ3) is 11.5. The van der Waals surface area contributed by atoms with Crippen LogP contribution in [0.25, 0.3) is 0 Å². The Morgan fingerprint density at radius 2 is 1.53 bits per heavy atom. The Bertz CT molecular complexity index is 763. The number of aliphatic hydroxyl groups excluding tert-OH is 1. The highest BCUT2D eigenvalue weighted by atomic mass is 31.2. The SMILES string of the molecule is CC(C)[C@H](N)C(=O)C[C@H](C(=O)N[C@H](C(=O)CC[C@@H](O)CP(=O)(O)CC1CCCCC1)C(C)C)C(C)C. The fourth-order valence-electron chi connectivity index (χ4n) is 4.97. The third-order valence-corrected chi connectivity index (χ3v) is 9.53. The van der Waals surface area contributed by atoms with Crippen molar-refractivity contribution in [2.45, 2.75) is 111 Å². The maximum absolute atomic E-state index is 13.1. The lowest BCUT2D eigenvalue weighted by Crippen LogP contribution is -2.49. The van der Waals surface area contributed by atoms with Gasteiger partial charge in [-0.1, -0.05) is 60.8 Å². The minimum Gasteiger partial charge on any atom is -0.393 e. The topological polar surface area (TPSA) is 147 Å². The Balaban J connectivity index is 2.68. The summed E-state index contributed by atoms with van der Waals surface area (Å²) in [6.07, 6.45) is 4.33. The van der Waals surface area contributed by atoms with Gasteiger partial charge in [0.2, 0.25) is 13.3 Å². The van der Waals surface area contributed by atoms with E-state index in [1.165, 1.54) is 6.42 Å². The van der Waals surface area contributed by atoms with Crippen LogP contribution < -0.4 is 11.1 Å². The van der Waals surface area contributed by atoms with Gasteiger partial charge in [0.25, 0.3) is 0 Å². The number of Topliss-reactive ketones (excluding diaryl/α,β-unsaturated/α-hetero) is 2. The van der Waals surface area contributed by atoms with E-state index < -0.39 is 31.5 Å².